The topological polar surface area (TPSA) is 105 Å². The average Bonchev–Trinajstić information content (AvgIpc) is 3.16. The first-order chi connectivity index (χ1) is 12.6. The number of aliphatic carboxylic acids is 1. The van der Waals surface area contributed by atoms with Gasteiger partial charge in [0.1, 0.15) is 4.88 Å². The highest BCUT2D eigenvalue weighted by Gasteiger charge is 2.20. The normalized spacial score (nSPS) is 11.7. The number of aromatic nitrogens is 3. The maximum Gasteiger partial charge on any atom is 0.308 e. The van der Waals surface area contributed by atoms with E-state index in [9.17, 15) is 14.7 Å². The van der Waals surface area contributed by atoms with E-state index in [1.165, 1.54) is 6.20 Å². The summed E-state index contributed by atoms with van der Waals surface area (Å²) in [5.41, 5.74) is 0.912. The zero-order chi connectivity index (χ0) is 18.4. The van der Waals surface area contributed by atoms with Crippen molar-refractivity contribution in [1.29, 1.82) is 0 Å². The maximum atomic E-state index is 12.3. The molecule has 2 N–H and O–H groups in total. The summed E-state index contributed by atoms with van der Waals surface area (Å²) in [6, 6.07) is 11.0. The minimum Gasteiger partial charge on any atom is -0.481 e. The molecule has 0 spiro atoms. The third-order valence-corrected chi connectivity index (χ3v) is 4.66. The van der Waals surface area contributed by atoms with Crippen molar-refractivity contribution >= 4 is 23.2 Å². The molecule has 1 amide bonds. The highest BCUT2D eigenvalue weighted by molar-refractivity contribution is 7.16. The van der Waals surface area contributed by atoms with E-state index >= 15 is 0 Å². The molecule has 1 aromatic carbocycles. The molecule has 3 rings (SSSR count). The molecule has 0 radical (unpaired) electrons. The van der Waals surface area contributed by atoms with Crippen LogP contribution in [0, 0.1) is 5.92 Å². The Balaban J connectivity index is 1.62. The van der Waals surface area contributed by atoms with Gasteiger partial charge in [-0.05, 0) is 18.1 Å². The van der Waals surface area contributed by atoms with Crippen molar-refractivity contribution in [1.82, 2.24) is 20.3 Å². The second-order valence-corrected chi connectivity index (χ2v) is 6.57. The van der Waals surface area contributed by atoms with Gasteiger partial charge in [0.05, 0.1) is 12.1 Å². The molecule has 0 fully saturated rings. The molecule has 2 aromatic heterocycles. The number of carboxylic acids is 1. The second kappa shape index (κ2) is 8.30. The molecule has 0 aliphatic rings. The molecule has 26 heavy (non-hydrogen) atoms. The first-order valence-corrected chi connectivity index (χ1v) is 8.73. The summed E-state index contributed by atoms with van der Waals surface area (Å²) >= 11 is 1.16. The summed E-state index contributed by atoms with van der Waals surface area (Å²) in [5.74, 6) is -1.56. The SMILES string of the molecule is O=C(NC[C@@H](Cc1ccccc1)C(=O)O)c1cnc(-c2ncccn2)s1. The summed E-state index contributed by atoms with van der Waals surface area (Å²) in [5, 5.41) is 12.6. The number of carboxylic acid groups (broad SMARTS) is 1. The lowest BCUT2D eigenvalue weighted by molar-refractivity contribution is -0.141. The fourth-order valence-electron chi connectivity index (χ4n) is 2.34. The van der Waals surface area contributed by atoms with E-state index in [0.717, 1.165) is 16.9 Å². The van der Waals surface area contributed by atoms with Crippen molar-refractivity contribution in [2.75, 3.05) is 6.54 Å². The number of nitrogens with zero attached hydrogens (tertiary/aromatic N) is 3. The summed E-state index contributed by atoms with van der Waals surface area (Å²) < 4.78 is 0. The Kier molecular flexibility index (Phi) is 5.65. The molecule has 0 saturated heterocycles. The van der Waals surface area contributed by atoms with Crippen LogP contribution in [0.5, 0.6) is 0 Å². The summed E-state index contributed by atoms with van der Waals surface area (Å²) in [6.45, 7) is 0.0398. The Morgan fingerprint density at radius 2 is 1.81 bits per heavy atom. The number of thiazole rings is 1. The van der Waals surface area contributed by atoms with E-state index in [0.29, 0.717) is 22.1 Å². The van der Waals surface area contributed by atoms with Gasteiger partial charge in [-0.15, -0.1) is 11.3 Å². The lowest BCUT2D eigenvalue weighted by atomic mass is 9.99. The van der Waals surface area contributed by atoms with Crippen LogP contribution in [0.4, 0.5) is 0 Å². The van der Waals surface area contributed by atoms with Crippen LogP contribution in [0.3, 0.4) is 0 Å². The third-order valence-electron chi connectivity index (χ3n) is 3.67. The largest absolute Gasteiger partial charge is 0.481 e. The van der Waals surface area contributed by atoms with Crippen LogP contribution in [0.25, 0.3) is 10.8 Å². The lowest BCUT2D eigenvalue weighted by Gasteiger charge is -2.13. The van der Waals surface area contributed by atoms with Gasteiger partial charge in [0.15, 0.2) is 10.8 Å². The van der Waals surface area contributed by atoms with E-state index in [-0.39, 0.29) is 12.5 Å². The van der Waals surface area contributed by atoms with Crippen molar-refractivity contribution in [2.45, 2.75) is 6.42 Å². The second-order valence-electron chi connectivity index (χ2n) is 5.54. The molecule has 7 nitrogen and oxygen atoms in total. The van der Waals surface area contributed by atoms with Gasteiger partial charge in [-0.1, -0.05) is 30.3 Å². The van der Waals surface area contributed by atoms with Crippen LogP contribution in [0.2, 0.25) is 0 Å². The van der Waals surface area contributed by atoms with Crippen molar-refractivity contribution in [3.05, 3.63) is 65.4 Å². The minimum absolute atomic E-state index is 0.0398. The Morgan fingerprint density at radius 1 is 1.08 bits per heavy atom. The molecule has 132 valence electrons. The van der Waals surface area contributed by atoms with Crippen molar-refractivity contribution in [3.63, 3.8) is 0 Å². The number of hydrogen-bond donors (Lipinski definition) is 2. The van der Waals surface area contributed by atoms with Crippen LogP contribution < -0.4 is 5.32 Å². The van der Waals surface area contributed by atoms with Gasteiger partial charge in [-0.3, -0.25) is 9.59 Å². The van der Waals surface area contributed by atoms with Crippen molar-refractivity contribution in [2.24, 2.45) is 5.92 Å². The van der Waals surface area contributed by atoms with Gasteiger partial charge in [0.2, 0.25) is 0 Å². The number of rotatable bonds is 7. The Hall–Kier alpha value is -3.13. The van der Waals surface area contributed by atoms with E-state index in [4.69, 9.17) is 0 Å². The van der Waals surface area contributed by atoms with Gasteiger partial charge in [-0.25, -0.2) is 15.0 Å². The van der Waals surface area contributed by atoms with Gasteiger partial charge < -0.3 is 10.4 Å². The predicted molar refractivity (Wildman–Crippen MR) is 96.7 cm³/mol. The fourth-order valence-corrected chi connectivity index (χ4v) is 3.12. The number of benzene rings is 1. The van der Waals surface area contributed by atoms with E-state index in [1.807, 2.05) is 30.3 Å². The molecule has 8 heteroatoms. The summed E-state index contributed by atoms with van der Waals surface area (Å²) in [4.78, 5) is 36.5. The van der Waals surface area contributed by atoms with E-state index in [1.54, 1.807) is 18.5 Å². The van der Waals surface area contributed by atoms with Crippen LogP contribution >= 0.6 is 11.3 Å². The van der Waals surface area contributed by atoms with Gasteiger partial charge in [-0.2, -0.15) is 0 Å². The molecule has 3 aromatic rings. The summed E-state index contributed by atoms with van der Waals surface area (Å²) in [6.07, 6.45) is 5.00. The highest BCUT2D eigenvalue weighted by atomic mass is 32.1. The average molecular weight is 368 g/mol. The molecule has 0 aliphatic carbocycles. The van der Waals surface area contributed by atoms with Crippen molar-refractivity contribution < 1.29 is 14.7 Å². The smallest absolute Gasteiger partial charge is 0.308 e. The van der Waals surface area contributed by atoms with Crippen LogP contribution in [0.1, 0.15) is 15.2 Å². The number of amides is 1. The molecule has 0 aliphatic heterocycles. The number of carbonyl (C=O) groups is 2. The predicted octanol–water partition coefficient (Wildman–Crippen LogP) is 2.27. The first kappa shape index (κ1) is 17.7. The fraction of sp³-hybridized carbons (Fsp3) is 0.167. The Bertz CT molecular complexity index is 884. The van der Waals surface area contributed by atoms with Crippen LogP contribution in [0.15, 0.2) is 55.0 Å². The number of nitrogens with one attached hydrogen (secondary N) is 1. The van der Waals surface area contributed by atoms with Gasteiger partial charge >= 0.3 is 5.97 Å². The Labute approximate surface area is 153 Å². The van der Waals surface area contributed by atoms with Gasteiger partial charge in [0, 0.05) is 18.9 Å². The Morgan fingerprint density at radius 3 is 2.50 bits per heavy atom. The zero-order valence-corrected chi connectivity index (χ0v) is 14.5. The quantitative estimate of drug-likeness (QED) is 0.663. The first-order valence-electron chi connectivity index (χ1n) is 7.91. The third kappa shape index (κ3) is 4.48. The molecular weight excluding hydrogens is 352 g/mol. The van der Waals surface area contributed by atoms with E-state index in [2.05, 4.69) is 20.3 Å². The maximum absolute atomic E-state index is 12.3. The monoisotopic (exact) mass is 368 g/mol. The lowest BCUT2D eigenvalue weighted by Crippen LogP contribution is -2.33. The molecule has 0 unspecified atom stereocenters. The molecule has 2 heterocycles. The van der Waals surface area contributed by atoms with Crippen LogP contribution in [-0.4, -0.2) is 38.5 Å². The summed E-state index contributed by atoms with van der Waals surface area (Å²) in [7, 11) is 0. The molecule has 1 atom stereocenters. The highest BCUT2D eigenvalue weighted by Crippen LogP contribution is 2.21. The standard InChI is InChI=1S/C18H16N4O3S/c23-16(14-11-22-17(26-14)15-19-7-4-8-20-15)21-10-13(18(24)25)9-12-5-2-1-3-6-12/h1-8,11,13H,9-10H2,(H,21,23)(H,24,25)/t13-/m1/s1. The number of carbonyl (C=O) groups excluding carboxylic acids is 1. The molecule has 0 saturated carbocycles. The zero-order valence-electron chi connectivity index (χ0n) is 13.7. The molecular formula is C18H16N4O3S. The molecule has 0 bridgehead atoms. The number of hydrogen-bond acceptors (Lipinski definition) is 6. The van der Waals surface area contributed by atoms with Crippen molar-refractivity contribution in [3.8, 4) is 10.8 Å². The van der Waals surface area contributed by atoms with Gasteiger partial charge in [0.25, 0.3) is 5.91 Å². The van der Waals surface area contributed by atoms with Crippen LogP contribution in [-0.2, 0) is 11.2 Å². The van der Waals surface area contributed by atoms with E-state index < -0.39 is 11.9 Å². The minimum atomic E-state index is -0.947.